The molecule has 0 aliphatic carbocycles. The van der Waals surface area contributed by atoms with Gasteiger partial charge < -0.3 is 10.4 Å². The second kappa shape index (κ2) is 4.82. The van der Waals surface area contributed by atoms with E-state index >= 15 is 0 Å². The summed E-state index contributed by atoms with van der Waals surface area (Å²) < 4.78 is 0. The van der Waals surface area contributed by atoms with Crippen LogP contribution in [-0.2, 0) is 0 Å². The lowest BCUT2D eigenvalue weighted by Gasteiger charge is -2.01. The third-order valence-corrected chi connectivity index (χ3v) is 1.45. The third-order valence-electron chi connectivity index (χ3n) is 1.45. The predicted octanol–water partition coefficient (Wildman–Crippen LogP) is 0.610. The summed E-state index contributed by atoms with van der Waals surface area (Å²) in [6.45, 7) is 0.572. The van der Waals surface area contributed by atoms with Crippen LogP contribution in [0.1, 0.15) is 16.8 Å². The number of hydrogen-bond acceptors (Lipinski definition) is 4. The van der Waals surface area contributed by atoms with E-state index in [2.05, 4.69) is 21.2 Å². The molecular weight excluding hydrogens is 182 g/mol. The highest BCUT2D eigenvalue weighted by molar-refractivity contribution is 5.86. The first-order valence-corrected chi connectivity index (χ1v) is 3.96. The number of rotatable bonds is 4. The van der Waals surface area contributed by atoms with Crippen molar-refractivity contribution in [1.29, 1.82) is 0 Å². The predicted molar refractivity (Wildman–Crippen MR) is 50.9 cm³/mol. The Labute approximate surface area is 81.2 Å². The van der Waals surface area contributed by atoms with Gasteiger partial charge in [0.2, 0.25) is 5.95 Å². The summed E-state index contributed by atoms with van der Waals surface area (Å²) in [5.74, 6) is 1.79. The van der Waals surface area contributed by atoms with Crippen LogP contribution < -0.4 is 5.32 Å². The van der Waals surface area contributed by atoms with E-state index in [0.29, 0.717) is 18.9 Å². The van der Waals surface area contributed by atoms with Gasteiger partial charge in [-0.15, -0.1) is 12.3 Å². The fraction of sp³-hybridized carbons (Fsp3) is 0.222. The Bertz CT molecular complexity index is 353. The van der Waals surface area contributed by atoms with Crippen molar-refractivity contribution in [3.8, 4) is 12.3 Å². The summed E-state index contributed by atoms with van der Waals surface area (Å²) in [5, 5.41) is 11.4. The molecule has 14 heavy (non-hydrogen) atoms. The van der Waals surface area contributed by atoms with E-state index in [-0.39, 0.29) is 5.56 Å². The van der Waals surface area contributed by atoms with E-state index in [9.17, 15) is 4.79 Å². The molecular formula is C9H9N3O2. The Morgan fingerprint density at radius 3 is 2.71 bits per heavy atom. The van der Waals surface area contributed by atoms with Gasteiger partial charge in [-0.25, -0.2) is 14.8 Å². The molecule has 0 unspecified atom stereocenters. The van der Waals surface area contributed by atoms with Crippen molar-refractivity contribution in [3.63, 3.8) is 0 Å². The maximum atomic E-state index is 10.4. The molecule has 2 N–H and O–H groups in total. The molecule has 0 saturated carbocycles. The summed E-state index contributed by atoms with van der Waals surface area (Å²) in [4.78, 5) is 18.0. The molecule has 1 aromatic heterocycles. The Morgan fingerprint density at radius 1 is 1.57 bits per heavy atom. The molecule has 0 aliphatic rings. The molecule has 5 nitrogen and oxygen atoms in total. The fourth-order valence-corrected chi connectivity index (χ4v) is 0.776. The fourth-order valence-electron chi connectivity index (χ4n) is 0.776. The van der Waals surface area contributed by atoms with Crippen molar-refractivity contribution in [2.45, 2.75) is 6.42 Å². The Hall–Kier alpha value is -2.09. The van der Waals surface area contributed by atoms with Crippen LogP contribution >= 0.6 is 0 Å². The number of aromatic carboxylic acids is 1. The van der Waals surface area contributed by atoms with E-state index < -0.39 is 5.97 Å². The van der Waals surface area contributed by atoms with Crippen molar-refractivity contribution in [3.05, 3.63) is 18.0 Å². The number of nitrogens with one attached hydrogen (secondary N) is 1. The average Bonchev–Trinajstić information content (AvgIpc) is 2.19. The van der Waals surface area contributed by atoms with Crippen LogP contribution in [0.25, 0.3) is 0 Å². The van der Waals surface area contributed by atoms with E-state index in [1.54, 1.807) is 0 Å². The first-order chi connectivity index (χ1) is 6.74. The van der Waals surface area contributed by atoms with Crippen LogP contribution in [-0.4, -0.2) is 27.6 Å². The van der Waals surface area contributed by atoms with E-state index in [1.165, 1.54) is 12.4 Å². The molecule has 0 spiro atoms. The second-order valence-corrected chi connectivity index (χ2v) is 2.48. The molecule has 0 bridgehead atoms. The number of carboxylic acid groups (broad SMARTS) is 1. The number of nitrogens with zero attached hydrogens (tertiary/aromatic N) is 2. The number of carboxylic acids is 1. The Kier molecular flexibility index (Phi) is 3.44. The average molecular weight is 191 g/mol. The molecule has 0 radical (unpaired) electrons. The van der Waals surface area contributed by atoms with Gasteiger partial charge >= 0.3 is 5.97 Å². The molecule has 5 heteroatoms. The van der Waals surface area contributed by atoms with Crippen LogP contribution in [0.15, 0.2) is 12.4 Å². The van der Waals surface area contributed by atoms with Gasteiger partial charge in [-0.1, -0.05) is 0 Å². The van der Waals surface area contributed by atoms with Gasteiger partial charge in [-0.05, 0) is 0 Å². The summed E-state index contributed by atoms with van der Waals surface area (Å²) in [6, 6.07) is 0. The summed E-state index contributed by atoms with van der Waals surface area (Å²) >= 11 is 0. The SMILES string of the molecule is C#CCCNc1ncc(C(=O)O)cn1. The Balaban J connectivity index is 2.56. The van der Waals surface area contributed by atoms with Gasteiger partial charge in [0.05, 0.1) is 5.56 Å². The molecule has 1 aromatic rings. The normalized spacial score (nSPS) is 9.07. The highest BCUT2D eigenvalue weighted by Gasteiger charge is 2.02. The summed E-state index contributed by atoms with van der Waals surface area (Å²) in [7, 11) is 0. The molecule has 1 heterocycles. The Morgan fingerprint density at radius 2 is 2.21 bits per heavy atom. The van der Waals surface area contributed by atoms with Crippen LogP contribution in [0.2, 0.25) is 0 Å². The monoisotopic (exact) mass is 191 g/mol. The molecule has 0 amide bonds. The molecule has 0 atom stereocenters. The van der Waals surface area contributed by atoms with Gasteiger partial charge in [0, 0.05) is 25.4 Å². The minimum absolute atomic E-state index is 0.0625. The van der Waals surface area contributed by atoms with Gasteiger partial charge in [-0.2, -0.15) is 0 Å². The van der Waals surface area contributed by atoms with Crippen molar-refractivity contribution >= 4 is 11.9 Å². The minimum atomic E-state index is -1.04. The van der Waals surface area contributed by atoms with Crippen LogP contribution in [0, 0.1) is 12.3 Å². The van der Waals surface area contributed by atoms with E-state index in [0.717, 1.165) is 0 Å². The van der Waals surface area contributed by atoms with Gasteiger partial charge in [-0.3, -0.25) is 0 Å². The molecule has 0 aliphatic heterocycles. The molecule has 1 rings (SSSR count). The zero-order valence-electron chi connectivity index (χ0n) is 7.40. The minimum Gasteiger partial charge on any atom is -0.478 e. The van der Waals surface area contributed by atoms with E-state index in [4.69, 9.17) is 11.5 Å². The quantitative estimate of drug-likeness (QED) is 0.538. The standard InChI is InChI=1S/C9H9N3O2/c1-2-3-4-10-9-11-5-7(6-12-9)8(13)14/h1,5-6H,3-4H2,(H,13,14)(H,10,11,12). The topological polar surface area (TPSA) is 75.1 Å². The first-order valence-electron chi connectivity index (χ1n) is 3.96. The number of terminal acetylenes is 1. The van der Waals surface area contributed by atoms with Gasteiger partial charge in [0.25, 0.3) is 0 Å². The third kappa shape index (κ3) is 2.75. The highest BCUT2D eigenvalue weighted by Crippen LogP contribution is 1.99. The number of carbonyl (C=O) groups is 1. The molecule has 72 valence electrons. The maximum absolute atomic E-state index is 10.4. The van der Waals surface area contributed by atoms with Gasteiger partial charge in [0.15, 0.2) is 0 Å². The maximum Gasteiger partial charge on any atom is 0.338 e. The van der Waals surface area contributed by atoms with Crippen molar-refractivity contribution < 1.29 is 9.90 Å². The number of aromatic nitrogens is 2. The lowest BCUT2D eigenvalue weighted by molar-refractivity contribution is 0.0696. The van der Waals surface area contributed by atoms with Crippen molar-refractivity contribution in [2.24, 2.45) is 0 Å². The first kappa shape index (κ1) is 9.99. The van der Waals surface area contributed by atoms with Crippen LogP contribution in [0.5, 0.6) is 0 Å². The van der Waals surface area contributed by atoms with Gasteiger partial charge in [0.1, 0.15) is 0 Å². The largest absolute Gasteiger partial charge is 0.478 e. The second-order valence-electron chi connectivity index (χ2n) is 2.48. The zero-order valence-corrected chi connectivity index (χ0v) is 7.40. The molecule has 0 fully saturated rings. The highest BCUT2D eigenvalue weighted by atomic mass is 16.4. The lowest BCUT2D eigenvalue weighted by Crippen LogP contribution is -2.06. The molecule has 0 saturated heterocycles. The zero-order chi connectivity index (χ0) is 10.4. The smallest absolute Gasteiger partial charge is 0.338 e. The van der Waals surface area contributed by atoms with Crippen LogP contribution in [0.4, 0.5) is 5.95 Å². The number of hydrogen-bond donors (Lipinski definition) is 2. The molecule has 0 aromatic carbocycles. The van der Waals surface area contributed by atoms with E-state index in [1.807, 2.05) is 0 Å². The van der Waals surface area contributed by atoms with Crippen LogP contribution in [0.3, 0.4) is 0 Å². The number of anilines is 1. The van der Waals surface area contributed by atoms with Crippen molar-refractivity contribution in [2.75, 3.05) is 11.9 Å². The summed E-state index contributed by atoms with van der Waals surface area (Å²) in [6.07, 6.45) is 8.11. The van der Waals surface area contributed by atoms with Crippen molar-refractivity contribution in [1.82, 2.24) is 9.97 Å². The summed E-state index contributed by atoms with van der Waals surface area (Å²) in [5.41, 5.74) is 0.0625. The lowest BCUT2D eigenvalue weighted by atomic mass is 10.3.